The van der Waals surface area contributed by atoms with Gasteiger partial charge in [0.1, 0.15) is 11.5 Å². The Labute approximate surface area is 221 Å². The van der Waals surface area contributed by atoms with E-state index in [1.807, 2.05) is 66.7 Å². The Bertz CT molecular complexity index is 1700. The topological polar surface area (TPSA) is 56.2 Å². The molecule has 2 unspecified atom stereocenters. The third-order valence-corrected chi connectivity index (χ3v) is 7.60. The van der Waals surface area contributed by atoms with Gasteiger partial charge in [-0.2, -0.15) is 0 Å². The van der Waals surface area contributed by atoms with E-state index in [-0.39, 0.29) is 17.7 Å². The molecule has 0 saturated heterocycles. The summed E-state index contributed by atoms with van der Waals surface area (Å²) in [5.41, 5.74) is 7.10. The lowest BCUT2D eigenvalue weighted by molar-refractivity contribution is -0.116. The van der Waals surface area contributed by atoms with Crippen molar-refractivity contribution >= 4 is 22.8 Å². The molecule has 1 aliphatic heterocycles. The SMILES string of the molecule is Cc1ccc(C2CC(=O)C3=C(C2)Nc2nc4ccccc4n2C3c2cccc(Oc3ccccc3)c2)cc1. The molecule has 7 rings (SSSR count). The molecule has 5 heteroatoms. The number of carbonyl (C=O) groups is 1. The van der Waals surface area contributed by atoms with Crippen molar-refractivity contribution in [3.63, 3.8) is 0 Å². The quantitative estimate of drug-likeness (QED) is 0.278. The molecule has 0 saturated carbocycles. The van der Waals surface area contributed by atoms with Gasteiger partial charge in [0.15, 0.2) is 5.78 Å². The predicted molar refractivity (Wildman–Crippen MR) is 150 cm³/mol. The smallest absolute Gasteiger partial charge is 0.209 e. The molecule has 1 N–H and O–H groups in total. The van der Waals surface area contributed by atoms with Gasteiger partial charge in [0, 0.05) is 17.7 Å². The van der Waals surface area contributed by atoms with E-state index in [4.69, 9.17) is 9.72 Å². The Kier molecular flexibility index (Phi) is 5.36. The number of imidazole rings is 1. The van der Waals surface area contributed by atoms with Crippen LogP contribution in [-0.2, 0) is 4.79 Å². The number of benzene rings is 4. The number of anilines is 1. The Morgan fingerprint density at radius 1 is 0.816 bits per heavy atom. The molecule has 2 heterocycles. The molecule has 2 aliphatic rings. The Morgan fingerprint density at radius 3 is 2.42 bits per heavy atom. The van der Waals surface area contributed by atoms with Crippen molar-refractivity contribution in [2.24, 2.45) is 0 Å². The summed E-state index contributed by atoms with van der Waals surface area (Å²) < 4.78 is 8.34. The Hall–Kier alpha value is -4.64. The first-order chi connectivity index (χ1) is 18.6. The van der Waals surface area contributed by atoms with Gasteiger partial charge < -0.3 is 10.1 Å². The van der Waals surface area contributed by atoms with Crippen molar-refractivity contribution in [1.82, 2.24) is 9.55 Å². The van der Waals surface area contributed by atoms with Crippen LogP contribution in [0, 0.1) is 6.92 Å². The van der Waals surface area contributed by atoms with E-state index < -0.39 is 0 Å². The van der Waals surface area contributed by atoms with E-state index in [0.717, 1.165) is 51.7 Å². The minimum absolute atomic E-state index is 0.138. The van der Waals surface area contributed by atoms with Crippen LogP contribution in [-0.4, -0.2) is 15.3 Å². The standard InChI is InChI=1S/C33H27N3O2/c1-21-14-16-22(17-15-21)24-19-28-31(30(37)20-24)32(36-29-13-6-5-12-27(29)34-33(36)35-28)23-8-7-11-26(18-23)38-25-9-3-2-4-10-25/h2-18,24,32H,19-20H2,1H3,(H,34,35). The average Bonchev–Trinajstić information content (AvgIpc) is 3.31. The first-order valence-electron chi connectivity index (χ1n) is 13.0. The number of fused-ring (bicyclic) bond motifs is 3. The summed E-state index contributed by atoms with van der Waals surface area (Å²) in [4.78, 5) is 18.9. The van der Waals surface area contributed by atoms with Crippen molar-refractivity contribution in [3.05, 3.63) is 131 Å². The number of carbonyl (C=O) groups excluding carboxylic acids is 1. The van der Waals surface area contributed by atoms with Crippen LogP contribution in [0.5, 0.6) is 11.5 Å². The van der Waals surface area contributed by atoms with Crippen molar-refractivity contribution in [2.75, 3.05) is 5.32 Å². The van der Waals surface area contributed by atoms with E-state index in [1.165, 1.54) is 11.1 Å². The first kappa shape index (κ1) is 22.5. The van der Waals surface area contributed by atoms with Gasteiger partial charge in [0.25, 0.3) is 0 Å². The highest BCUT2D eigenvalue weighted by Crippen LogP contribution is 2.46. The van der Waals surface area contributed by atoms with E-state index >= 15 is 0 Å². The van der Waals surface area contributed by atoms with Crippen LogP contribution in [0.1, 0.15) is 41.5 Å². The molecule has 38 heavy (non-hydrogen) atoms. The fraction of sp³-hybridized carbons (Fsp3) is 0.152. The Morgan fingerprint density at radius 2 is 1.58 bits per heavy atom. The summed E-state index contributed by atoms with van der Waals surface area (Å²) in [5, 5.41) is 3.56. The van der Waals surface area contributed by atoms with Crippen LogP contribution in [0.2, 0.25) is 0 Å². The van der Waals surface area contributed by atoms with Crippen LogP contribution in [0.25, 0.3) is 11.0 Å². The van der Waals surface area contributed by atoms with E-state index in [9.17, 15) is 4.79 Å². The van der Waals surface area contributed by atoms with Crippen molar-refractivity contribution < 1.29 is 9.53 Å². The number of hydrogen-bond donors (Lipinski definition) is 1. The predicted octanol–water partition coefficient (Wildman–Crippen LogP) is 7.55. The number of Topliss-reactive ketones (excluding diaryl/α,β-unsaturated/α-hetero) is 1. The second kappa shape index (κ2) is 9.03. The van der Waals surface area contributed by atoms with Crippen molar-refractivity contribution in [2.45, 2.75) is 31.7 Å². The highest BCUT2D eigenvalue weighted by atomic mass is 16.5. The zero-order valence-corrected chi connectivity index (χ0v) is 21.1. The number of aromatic nitrogens is 2. The molecule has 0 spiro atoms. The number of ether oxygens (including phenoxy) is 1. The molecule has 0 fully saturated rings. The minimum Gasteiger partial charge on any atom is -0.457 e. The zero-order chi connectivity index (χ0) is 25.6. The molecule has 1 aromatic heterocycles. The molecule has 0 bridgehead atoms. The maximum absolute atomic E-state index is 13.9. The second-order valence-corrected chi connectivity index (χ2v) is 10.1. The molecule has 5 nitrogen and oxygen atoms in total. The number of rotatable bonds is 4. The van der Waals surface area contributed by atoms with Gasteiger partial charge in [-0.25, -0.2) is 4.98 Å². The van der Waals surface area contributed by atoms with Gasteiger partial charge in [0.05, 0.1) is 17.1 Å². The molecule has 5 aromatic rings. The first-order valence-corrected chi connectivity index (χ1v) is 13.0. The van der Waals surface area contributed by atoms with Gasteiger partial charge in [-0.3, -0.25) is 9.36 Å². The van der Waals surface area contributed by atoms with Crippen LogP contribution in [0.15, 0.2) is 114 Å². The molecule has 0 radical (unpaired) electrons. The number of hydrogen-bond acceptors (Lipinski definition) is 4. The third-order valence-electron chi connectivity index (χ3n) is 7.60. The lowest BCUT2D eigenvalue weighted by atomic mass is 9.77. The molecule has 4 aromatic carbocycles. The second-order valence-electron chi connectivity index (χ2n) is 10.1. The van der Waals surface area contributed by atoms with Gasteiger partial charge in [0.2, 0.25) is 5.95 Å². The minimum atomic E-state index is -0.292. The van der Waals surface area contributed by atoms with Crippen LogP contribution >= 0.6 is 0 Å². The number of allylic oxidation sites excluding steroid dienone is 2. The summed E-state index contributed by atoms with van der Waals surface area (Å²) in [6.07, 6.45) is 1.26. The van der Waals surface area contributed by atoms with Gasteiger partial charge in [-0.05, 0) is 66.8 Å². The lowest BCUT2D eigenvalue weighted by Gasteiger charge is -2.36. The van der Waals surface area contributed by atoms with Gasteiger partial charge >= 0.3 is 0 Å². The molecular formula is C33H27N3O2. The highest BCUT2D eigenvalue weighted by molar-refractivity contribution is 6.01. The summed E-state index contributed by atoms with van der Waals surface area (Å²) >= 11 is 0. The van der Waals surface area contributed by atoms with Gasteiger partial charge in [-0.1, -0.05) is 72.3 Å². The maximum atomic E-state index is 13.9. The van der Waals surface area contributed by atoms with E-state index in [0.29, 0.717) is 6.42 Å². The number of nitrogens with one attached hydrogen (secondary N) is 1. The summed E-state index contributed by atoms with van der Waals surface area (Å²) in [6.45, 7) is 2.09. The number of ketones is 1. The average molecular weight is 498 g/mol. The van der Waals surface area contributed by atoms with Gasteiger partial charge in [-0.15, -0.1) is 0 Å². The van der Waals surface area contributed by atoms with E-state index in [1.54, 1.807) is 0 Å². The van der Waals surface area contributed by atoms with Crippen LogP contribution in [0.4, 0.5) is 5.95 Å². The lowest BCUT2D eigenvalue weighted by Crippen LogP contribution is -2.33. The summed E-state index contributed by atoms with van der Waals surface area (Å²) in [7, 11) is 0. The molecule has 1 aliphatic carbocycles. The Balaban J connectivity index is 1.35. The van der Waals surface area contributed by atoms with Crippen LogP contribution < -0.4 is 10.1 Å². The third kappa shape index (κ3) is 3.88. The number of nitrogens with zero attached hydrogens (tertiary/aromatic N) is 2. The highest BCUT2D eigenvalue weighted by Gasteiger charge is 2.39. The number of aryl methyl sites for hydroxylation is 1. The largest absolute Gasteiger partial charge is 0.457 e. The normalized spacial score (nSPS) is 18.6. The fourth-order valence-electron chi connectivity index (χ4n) is 5.79. The summed E-state index contributed by atoms with van der Waals surface area (Å²) in [6, 6.07) is 34.2. The maximum Gasteiger partial charge on any atom is 0.209 e. The fourth-order valence-corrected chi connectivity index (χ4v) is 5.79. The van der Waals surface area contributed by atoms with Crippen molar-refractivity contribution in [3.8, 4) is 11.5 Å². The van der Waals surface area contributed by atoms with Crippen LogP contribution in [0.3, 0.4) is 0 Å². The summed E-state index contributed by atoms with van der Waals surface area (Å²) in [5.74, 6) is 2.59. The molecule has 0 amide bonds. The van der Waals surface area contributed by atoms with Crippen molar-refractivity contribution in [1.29, 1.82) is 0 Å². The molecular weight excluding hydrogens is 470 g/mol. The van der Waals surface area contributed by atoms with E-state index in [2.05, 4.69) is 53.2 Å². The monoisotopic (exact) mass is 497 g/mol. The molecule has 2 atom stereocenters. The zero-order valence-electron chi connectivity index (χ0n) is 21.1. The number of para-hydroxylation sites is 3. The molecule has 186 valence electrons.